The Bertz CT molecular complexity index is 865. The molecular weight excluding hydrogens is 356 g/mol. The Labute approximate surface area is 154 Å². The lowest BCUT2D eigenvalue weighted by Gasteiger charge is -2.22. The molecule has 2 unspecified atom stereocenters. The molecule has 8 heteroatoms. The number of hydrogen-bond acceptors (Lipinski definition) is 6. The van der Waals surface area contributed by atoms with Gasteiger partial charge in [0.1, 0.15) is 5.01 Å². The minimum Gasteiger partial charge on any atom is -0.481 e. The number of rotatable bonds is 4. The van der Waals surface area contributed by atoms with E-state index < -0.39 is 11.9 Å². The number of fused-ring (bicyclic) bond motifs is 1. The van der Waals surface area contributed by atoms with Crippen LogP contribution in [0.4, 0.5) is 0 Å². The van der Waals surface area contributed by atoms with E-state index >= 15 is 0 Å². The van der Waals surface area contributed by atoms with Gasteiger partial charge in [-0.25, -0.2) is 4.98 Å². The number of likely N-dealkylation sites (tertiary alicyclic amines) is 1. The number of benzene rings is 1. The molecule has 2 aliphatic heterocycles. The van der Waals surface area contributed by atoms with Gasteiger partial charge >= 0.3 is 5.97 Å². The Balaban J connectivity index is 1.45. The number of thiazole rings is 1. The molecule has 2 aromatic rings. The lowest BCUT2D eigenvalue weighted by Crippen LogP contribution is -2.38. The average Bonchev–Trinajstić information content (AvgIpc) is 3.32. The summed E-state index contributed by atoms with van der Waals surface area (Å²) in [4.78, 5) is 30.0. The molecule has 1 fully saturated rings. The van der Waals surface area contributed by atoms with E-state index in [9.17, 15) is 14.7 Å². The summed E-state index contributed by atoms with van der Waals surface area (Å²) in [6, 6.07) is 5.36. The Hall–Kier alpha value is -2.61. The number of ether oxygens (including phenoxy) is 2. The zero-order chi connectivity index (χ0) is 18.3. The molecule has 7 nitrogen and oxygen atoms in total. The topological polar surface area (TPSA) is 89.0 Å². The Kier molecular flexibility index (Phi) is 4.28. The summed E-state index contributed by atoms with van der Waals surface area (Å²) >= 11 is 1.47. The van der Waals surface area contributed by atoms with Crippen molar-refractivity contribution in [1.82, 2.24) is 9.88 Å². The molecule has 0 radical (unpaired) electrons. The molecule has 0 aliphatic carbocycles. The summed E-state index contributed by atoms with van der Waals surface area (Å²) in [6.07, 6.45) is 0.680. The third-order valence-electron chi connectivity index (χ3n) is 4.90. The van der Waals surface area contributed by atoms with Crippen LogP contribution in [-0.2, 0) is 16.0 Å². The van der Waals surface area contributed by atoms with Crippen molar-refractivity contribution >= 4 is 23.2 Å². The van der Waals surface area contributed by atoms with Gasteiger partial charge in [-0.3, -0.25) is 9.59 Å². The number of hydrogen-bond donors (Lipinski definition) is 1. The first-order valence-corrected chi connectivity index (χ1v) is 9.27. The number of aromatic nitrogens is 1. The molecule has 1 N–H and O–H groups in total. The van der Waals surface area contributed by atoms with Crippen molar-refractivity contribution < 1.29 is 24.2 Å². The second-order valence-corrected chi connectivity index (χ2v) is 7.31. The maximum Gasteiger partial charge on any atom is 0.308 e. The normalized spacial score (nSPS) is 21.2. The van der Waals surface area contributed by atoms with E-state index in [2.05, 4.69) is 4.98 Å². The molecule has 4 rings (SSSR count). The lowest BCUT2D eigenvalue weighted by molar-refractivity contribution is -0.143. The molecule has 2 aliphatic rings. The highest BCUT2D eigenvalue weighted by atomic mass is 32.1. The van der Waals surface area contributed by atoms with Gasteiger partial charge in [-0.05, 0) is 31.5 Å². The first-order chi connectivity index (χ1) is 12.5. The van der Waals surface area contributed by atoms with Crippen molar-refractivity contribution in [2.75, 3.05) is 13.3 Å². The largest absolute Gasteiger partial charge is 0.481 e. The van der Waals surface area contributed by atoms with Crippen LogP contribution in [0.3, 0.4) is 0 Å². The van der Waals surface area contributed by atoms with Crippen molar-refractivity contribution in [2.24, 2.45) is 5.92 Å². The maximum atomic E-state index is 12.6. The molecule has 1 aromatic heterocycles. The first kappa shape index (κ1) is 16.8. The summed E-state index contributed by atoms with van der Waals surface area (Å²) in [6.45, 7) is 2.50. The number of carboxylic acids is 1. The van der Waals surface area contributed by atoms with Gasteiger partial charge in [0, 0.05) is 23.5 Å². The van der Waals surface area contributed by atoms with Gasteiger partial charge in [0.25, 0.3) is 0 Å². The summed E-state index contributed by atoms with van der Waals surface area (Å²) in [7, 11) is 0. The second-order valence-electron chi connectivity index (χ2n) is 6.45. The Morgan fingerprint density at radius 3 is 2.92 bits per heavy atom. The van der Waals surface area contributed by atoms with E-state index in [1.54, 1.807) is 11.8 Å². The van der Waals surface area contributed by atoms with E-state index in [4.69, 9.17) is 9.47 Å². The smallest absolute Gasteiger partial charge is 0.308 e. The number of carbonyl (C=O) groups is 2. The fourth-order valence-electron chi connectivity index (χ4n) is 3.43. The van der Waals surface area contributed by atoms with Crippen LogP contribution in [0.25, 0.3) is 10.6 Å². The SMILES string of the molecule is CC1C(C(=O)O)CCN1C(=O)Cc1csc(-c2ccc3c(c2)OCO3)n1. The van der Waals surface area contributed by atoms with Crippen molar-refractivity contribution in [2.45, 2.75) is 25.8 Å². The number of amides is 1. The number of aliphatic carboxylic acids is 1. The van der Waals surface area contributed by atoms with Gasteiger partial charge in [-0.1, -0.05) is 0 Å². The van der Waals surface area contributed by atoms with Crippen LogP contribution < -0.4 is 9.47 Å². The summed E-state index contributed by atoms with van der Waals surface area (Å²) in [5, 5.41) is 11.9. The van der Waals surface area contributed by atoms with E-state index in [0.717, 1.165) is 16.3 Å². The molecular formula is C18H18N2O5S. The van der Waals surface area contributed by atoms with E-state index in [1.165, 1.54) is 11.3 Å². The molecule has 136 valence electrons. The van der Waals surface area contributed by atoms with Crippen LogP contribution >= 0.6 is 11.3 Å². The molecule has 3 heterocycles. The van der Waals surface area contributed by atoms with Crippen LogP contribution in [0.15, 0.2) is 23.6 Å². The van der Waals surface area contributed by atoms with E-state index in [-0.39, 0.29) is 25.2 Å². The molecule has 1 saturated heterocycles. The Morgan fingerprint density at radius 1 is 1.35 bits per heavy atom. The van der Waals surface area contributed by atoms with E-state index in [0.29, 0.717) is 24.4 Å². The number of nitrogens with zero attached hydrogens (tertiary/aromatic N) is 2. The lowest BCUT2D eigenvalue weighted by atomic mass is 10.0. The Morgan fingerprint density at radius 2 is 2.15 bits per heavy atom. The monoisotopic (exact) mass is 374 g/mol. The average molecular weight is 374 g/mol. The molecule has 2 atom stereocenters. The fourth-order valence-corrected chi connectivity index (χ4v) is 4.25. The van der Waals surface area contributed by atoms with Gasteiger partial charge in [0.15, 0.2) is 11.5 Å². The first-order valence-electron chi connectivity index (χ1n) is 8.39. The summed E-state index contributed by atoms with van der Waals surface area (Å²) < 4.78 is 10.7. The van der Waals surface area contributed by atoms with Gasteiger partial charge in [-0.15, -0.1) is 11.3 Å². The molecule has 26 heavy (non-hydrogen) atoms. The van der Waals surface area contributed by atoms with Gasteiger partial charge in [0.2, 0.25) is 12.7 Å². The molecule has 1 aromatic carbocycles. The molecule has 0 saturated carbocycles. The van der Waals surface area contributed by atoms with Crippen LogP contribution in [0.1, 0.15) is 19.0 Å². The predicted molar refractivity (Wildman–Crippen MR) is 94.3 cm³/mol. The zero-order valence-corrected chi connectivity index (χ0v) is 15.0. The van der Waals surface area contributed by atoms with Crippen LogP contribution in [-0.4, -0.2) is 46.2 Å². The van der Waals surface area contributed by atoms with Crippen LogP contribution in [0.5, 0.6) is 11.5 Å². The summed E-state index contributed by atoms with van der Waals surface area (Å²) in [5.41, 5.74) is 1.61. The van der Waals surface area contributed by atoms with E-state index in [1.807, 2.05) is 23.6 Å². The standard InChI is InChI=1S/C18H18N2O5S/c1-10-13(18(22)23)4-5-20(10)16(21)7-12-8-26-17(19-12)11-2-3-14-15(6-11)25-9-24-14/h2-3,6,8,10,13H,4-5,7,9H2,1H3,(H,22,23). The zero-order valence-electron chi connectivity index (χ0n) is 14.2. The van der Waals surface area contributed by atoms with Crippen molar-refractivity contribution in [3.8, 4) is 22.1 Å². The van der Waals surface area contributed by atoms with Crippen molar-refractivity contribution in [3.63, 3.8) is 0 Å². The molecule has 1 amide bonds. The highest BCUT2D eigenvalue weighted by Crippen LogP contribution is 2.36. The second kappa shape index (κ2) is 6.60. The minimum absolute atomic E-state index is 0.0798. The van der Waals surface area contributed by atoms with Crippen LogP contribution in [0, 0.1) is 5.92 Å². The van der Waals surface area contributed by atoms with Crippen molar-refractivity contribution in [1.29, 1.82) is 0 Å². The third-order valence-corrected chi connectivity index (χ3v) is 5.84. The molecule has 0 bridgehead atoms. The van der Waals surface area contributed by atoms with Gasteiger partial charge < -0.3 is 19.5 Å². The number of carbonyl (C=O) groups excluding carboxylic acids is 1. The minimum atomic E-state index is -0.841. The third kappa shape index (κ3) is 3.01. The quantitative estimate of drug-likeness (QED) is 0.884. The summed E-state index contributed by atoms with van der Waals surface area (Å²) in [5.74, 6) is 0.00607. The maximum absolute atomic E-state index is 12.6. The highest BCUT2D eigenvalue weighted by molar-refractivity contribution is 7.13. The van der Waals surface area contributed by atoms with Crippen LogP contribution in [0.2, 0.25) is 0 Å². The molecule has 0 spiro atoms. The fraction of sp³-hybridized carbons (Fsp3) is 0.389. The van der Waals surface area contributed by atoms with Crippen molar-refractivity contribution in [3.05, 3.63) is 29.3 Å². The van der Waals surface area contributed by atoms with Gasteiger partial charge in [0.05, 0.1) is 18.0 Å². The van der Waals surface area contributed by atoms with Gasteiger partial charge in [-0.2, -0.15) is 0 Å². The predicted octanol–water partition coefficient (Wildman–Crippen LogP) is 2.40. The highest BCUT2D eigenvalue weighted by Gasteiger charge is 2.38. The number of carboxylic acid groups (broad SMARTS) is 1.